The fourth-order valence-corrected chi connectivity index (χ4v) is 4.24. The van der Waals surface area contributed by atoms with Gasteiger partial charge in [-0.3, -0.25) is 14.7 Å². The number of benzene rings is 3. The van der Waals surface area contributed by atoms with Gasteiger partial charge in [0.15, 0.2) is 5.65 Å². The number of aromatic nitrogens is 3. The molecule has 2 N–H and O–H groups in total. The number of nitrogens with zero attached hydrogens (tertiary/aromatic N) is 4. The normalized spacial score (nSPS) is 10.9. The summed E-state index contributed by atoms with van der Waals surface area (Å²) >= 11 is 5.59. The van der Waals surface area contributed by atoms with Crippen LogP contribution in [0.1, 0.15) is 0 Å². The van der Waals surface area contributed by atoms with Gasteiger partial charge in [-0.25, -0.2) is 4.98 Å². The summed E-state index contributed by atoms with van der Waals surface area (Å²) in [5.74, 6) is 1.14. The Kier molecular flexibility index (Phi) is 5.68. The van der Waals surface area contributed by atoms with E-state index in [1.807, 2.05) is 60.7 Å². The predicted octanol–water partition coefficient (Wildman–Crippen LogP) is 5.98. The highest BCUT2D eigenvalue weighted by molar-refractivity contribution is 7.71. The largest absolute Gasteiger partial charge is 0.497 e. The third-order valence-corrected chi connectivity index (χ3v) is 5.95. The molecule has 5 rings (SSSR count). The van der Waals surface area contributed by atoms with Crippen molar-refractivity contribution < 1.29 is 9.66 Å². The smallest absolute Gasteiger partial charge is 0.269 e. The van der Waals surface area contributed by atoms with Gasteiger partial charge in [0.2, 0.25) is 4.77 Å². The van der Waals surface area contributed by atoms with E-state index in [2.05, 4.69) is 4.98 Å². The van der Waals surface area contributed by atoms with Gasteiger partial charge in [-0.05, 0) is 65.8 Å². The van der Waals surface area contributed by atoms with Crippen LogP contribution in [0.4, 0.5) is 11.5 Å². The zero-order chi connectivity index (χ0) is 24.5. The molecule has 8 nitrogen and oxygen atoms in total. The molecule has 0 radical (unpaired) electrons. The summed E-state index contributed by atoms with van der Waals surface area (Å²) in [6, 6.07) is 25.3. The maximum Gasteiger partial charge on any atom is 0.269 e. The van der Waals surface area contributed by atoms with Crippen LogP contribution >= 0.6 is 12.2 Å². The molecule has 2 aromatic heterocycles. The Balaban J connectivity index is 1.80. The molecule has 0 saturated carbocycles. The van der Waals surface area contributed by atoms with Gasteiger partial charge < -0.3 is 10.5 Å². The van der Waals surface area contributed by atoms with Crippen LogP contribution in [0, 0.1) is 14.9 Å². The summed E-state index contributed by atoms with van der Waals surface area (Å²) in [6.07, 6.45) is 0. The summed E-state index contributed by atoms with van der Waals surface area (Å²) in [4.78, 5) is 20.0. The van der Waals surface area contributed by atoms with Gasteiger partial charge in [-0.15, -0.1) is 0 Å². The lowest BCUT2D eigenvalue weighted by atomic mass is 9.99. The Bertz CT molecular complexity index is 1620. The standard InChI is InChI=1S/C26H19N5O3S/c1-34-20-13-9-16(10-14-20)21-15-22(17-7-11-19(12-8-17)31(32)33)28-25-23(21)24(27)30(26(35)29-25)18-5-3-2-4-6-18/h2-15H,27H2,1H3. The third-order valence-electron chi connectivity index (χ3n) is 5.68. The number of hydrogen-bond acceptors (Lipinski definition) is 7. The van der Waals surface area contributed by atoms with Crippen molar-refractivity contribution in [3.63, 3.8) is 0 Å². The first kappa shape index (κ1) is 22.2. The lowest BCUT2D eigenvalue weighted by Gasteiger charge is -2.16. The molecular formula is C26H19N5O3S. The van der Waals surface area contributed by atoms with E-state index in [1.165, 1.54) is 12.1 Å². The van der Waals surface area contributed by atoms with Gasteiger partial charge >= 0.3 is 0 Å². The molecule has 0 aliphatic carbocycles. The number of anilines is 1. The Hall–Kier alpha value is -4.63. The van der Waals surface area contributed by atoms with Crippen molar-refractivity contribution in [1.29, 1.82) is 0 Å². The molecule has 0 bridgehead atoms. The molecule has 35 heavy (non-hydrogen) atoms. The molecule has 5 aromatic rings. The molecule has 3 aromatic carbocycles. The zero-order valence-corrected chi connectivity index (χ0v) is 19.4. The molecule has 0 saturated heterocycles. The van der Waals surface area contributed by atoms with Crippen LogP contribution in [0.5, 0.6) is 5.75 Å². The van der Waals surface area contributed by atoms with Gasteiger partial charge in [-0.2, -0.15) is 4.98 Å². The van der Waals surface area contributed by atoms with Gasteiger partial charge in [0, 0.05) is 23.4 Å². The molecule has 0 unspecified atom stereocenters. The van der Waals surface area contributed by atoms with Crippen LogP contribution < -0.4 is 10.5 Å². The first-order chi connectivity index (χ1) is 17.0. The SMILES string of the molecule is COc1ccc(-c2cc(-c3ccc([N+](=O)[O-])cc3)nc3nc(=S)n(-c4ccccc4)c(N)c23)cc1. The molecule has 172 valence electrons. The molecule has 9 heteroatoms. The average Bonchev–Trinajstić information content (AvgIpc) is 2.88. The number of ether oxygens (including phenoxy) is 1. The number of para-hydroxylation sites is 1. The molecule has 0 fully saturated rings. The van der Waals surface area contributed by atoms with E-state index in [1.54, 1.807) is 23.8 Å². The molecular weight excluding hydrogens is 462 g/mol. The first-order valence-electron chi connectivity index (χ1n) is 10.6. The van der Waals surface area contributed by atoms with E-state index in [9.17, 15) is 10.1 Å². The van der Waals surface area contributed by atoms with E-state index < -0.39 is 4.92 Å². The fourth-order valence-electron chi connectivity index (χ4n) is 3.95. The van der Waals surface area contributed by atoms with E-state index in [-0.39, 0.29) is 10.5 Å². The second-order valence-electron chi connectivity index (χ2n) is 7.74. The maximum absolute atomic E-state index is 11.1. The van der Waals surface area contributed by atoms with Crippen molar-refractivity contribution in [2.75, 3.05) is 12.8 Å². The van der Waals surface area contributed by atoms with E-state index >= 15 is 0 Å². The van der Waals surface area contributed by atoms with Crippen LogP contribution in [0.2, 0.25) is 0 Å². The van der Waals surface area contributed by atoms with E-state index in [0.717, 1.165) is 22.6 Å². The number of nitro groups is 1. The highest BCUT2D eigenvalue weighted by Crippen LogP contribution is 2.36. The lowest BCUT2D eigenvalue weighted by molar-refractivity contribution is -0.384. The Morgan fingerprint density at radius 3 is 2.23 bits per heavy atom. The number of pyridine rings is 1. The monoisotopic (exact) mass is 481 g/mol. The van der Waals surface area contributed by atoms with Crippen molar-refractivity contribution in [2.45, 2.75) is 0 Å². The van der Waals surface area contributed by atoms with Gasteiger partial charge in [-0.1, -0.05) is 30.3 Å². The average molecular weight is 482 g/mol. The topological polar surface area (TPSA) is 109 Å². The van der Waals surface area contributed by atoms with Crippen LogP contribution in [-0.2, 0) is 0 Å². The quantitative estimate of drug-likeness (QED) is 0.187. The Morgan fingerprint density at radius 2 is 1.60 bits per heavy atom. The van der Waals surface area contributed by atoms with Crippen LogP contribution in [-0.4, -0.2) is 26.6 Å². The van der Waals surface area contributed by atoms with Crippen molar-refractivity contribution in [3.05, 3.63) is 99.8 Å². The number of non-ortho nitro benzene ring substituents is 1. The zero-order valence-electron chi connectivity index (χ0n) is 18.6. The van der Waals surface area contributed by atoms with Gasteiger partial charge in [0.1, 0.15) is 11.6 Å². The summed E-state index contributed by atoms with van der Waals surface area (Å²) in [7, 11) is 1.61. The summed E-state index contributed by atoms with van der Waals surface area (Å²) in [6.45, 7) is 0. The summed E-state index contributed by atoms with van der Waals surface area (Å²) in [5, 5.41) is 11.7. The number of nitrogens with two attached hydrogens (primary N) is 1. The minimum Gasteiger partial charge on any atom is -0.497 e. The van der Waals surface area contributed by atoms with Crippen molar-refractivity contribution in [1.82, 2.24) is 14.5 Å². The highest BCUT2D eigenvalue weighted by Gasteiger charge is 2.18. The van der Waals surface area contributed by atoms with Crippen LogP contribution in [0.25, 0.3) is 39.1 Å². The van der Waals surface area contributed by atoms with Crippen molar-refractivity contribution in [2.24, 2.45) is 0 Å². The molecule has 0 spiro atoms. The second-order valence-corrected chi connectivity index (χ2v) is 8.10. The number of nitro benzene ring substituents is 1. The van der Waals surface area contributed by atoms with Crippen molar-refractivity contribution >= 4 is 34.8 Å². The number of nitrogen functional groups attached to an aromatic ring is 1. The number of fused-ring (bicyclic) bond motifs is 1. The lowest BCUT2D eigenvalue weighted by Crippen LogP contribution is -2.09. The van der Waals surface area contributed by atoms with Crippen molar-refractivity contribution in [3.8, 4) is 33.8 Å². The number of methoxy groups -OCH3 is 1. The third kappa shape index (κ3) is 4.09. The van der Waals surface area contributed by atoms with Gasteiger partial charge in [0.25, 0.3) is 5.69 Å². The first-order valence-corrected chi connectivity index (χ1v) is 11.0. The molecule has 0 aliphatic rings. The highest BCUT2D eigenvalue weighted by atomic mass is 32.1. The number of hydrogen-bond donors (Lipinski definition) is 1. The van der Waals surface area contributed by atoms with Gasteiger partial charge in [0.05, 0.1) is 23.1 Å². The minimum atomic E-state index is -0.436. The van der Waals surface area contributed by atoms with Crippen LogP contribution in [0.3, 0.4) is 0 Å². The second kappa shape index (κ2) is 8.96. The van der Waals surface area contributed by atoms with Crippen LogP contribution in [0.15, 0.2) is 84.9 Å². The minimum absolute atomic E-state index is 0.00374. The maximum atomic E-state index is 11.1. The summed E-state index contributed by atoms with van der Waals surface area (Å²) < 4.78 is 7.30. The molecule has 2 heterocycles. The molecule has 0 amide bonds. The predicted molar refractivity (Wildman–Crippen MR) is 138 cm³/mol. The number of rotatable bonds is 5. The molecule has 0 aliphatic heterocycles. The molecule has 0 atom stereocenters. The Morgan fingerprint density at radius 1 is 0.943 bits per heavy atom. The Labute approximate surface area is 205 Å². The fraction of sp³-hybridized carbons (Fsp3) is 0.0385. The van der Waals surface area contributed by atoms with E-state index in [0.29, 0.717) is 28.1 Å². The summed E-state index contributed by atoms with van der Waals surface area (Å²) in [5.41, 5.74) is 10.9. The van der Waals surface area contributed by atoms with E-state index in [4.69, 9.17) is 27.7 Å².